The Morgan fingerprint density at radius 1 is 1.50 bits per heavy atom. The minimum absolute atomic E-state index is 0.599. The minimum Gasteiger partial charge on any atom is -0.373 e. The molecule has 1 atom stereocenters. The number of nitrogens with two attached hydrogens (primary N) is 1. The Bertz CT molecular complexity index is 61.5. The Kier molecular flexibility index (Phi) is 2.30. The van der Waals surface area contributed by atoms with E-state index in [2.05, 4.69) is 0 Å². The molecule has 1 unspecified atom stereocenters. The zero-order valence-corrected chi connectivity index (χ0v) is 5.10. The summed E-state index contributed by atoms with van der Waals surface area (Å²) in [5.41, 5.74) is 5.29. The van der Waals surface area contributed by atoms with E-state index < -0.39 is 0 Å². The van der Waals surface area contributed by atoms with Crippen molar-refractivity contribution in [3.63, 3.8) is 0 Å². The molecular weight excluding hydrogens is 102 g/mol. The van der Waals surface area contributed by atoms with E-state index in [1.165, 1.54) is 12.8 Å². The molecule has 1 heterocycles. The van der Waals surface area contributed by atoms with Gasteiger partial charge in [0.15, 0.2) is 0 Å². The maximum absolute atomic E-state index is 5.29. The molecule has 0 amide bonds. The lowest BCUT2D eigenvalue weighted by Gasteiger charge is -1.91. The van der Waals surface area contributed by atoms with E-state index in [1.54, 1.807) is 0 Å². The highest BCUT2D eigenvalue weighted by Crippen LogP contribution is 2.15. The summed E-state index contributed by atoms with van der Waals surface area (Å²) in [5, 5.41) is 0. The van der Waals surface area contributed by atoms with Crippen molar-refractivity contribution in [1.29, 1.82) is 0 Å². The first-order valence-electron chi connectivity index (χ1n) is 3.25. The average molecular weight is 115 g/mol. The normalized spacial score (nSPS) is 25.9. The zero-order chi connectivity index (χ0) is 5.82. The van der Waals surface area contributed by atoms with Crippen molar-refractivity contribution in [2.75, 3.05) is 13.2 Å². The highest BCUT2D eigenvalue weighted by Gasteiger charge is 2.20. The fourth-order valence-electron chi connectivity index (χ4n) is 0.751. The molecule has 1 aliphatic heterocycles. The molecule has 2 heteroatoms. The van der Waals surface area contributed by atoms with Crippen molar-refractivity contribution >= 4 is 0 Å². The predicted octanol–water partition coefficient (Wildman–Crippen LogP) is 0.514. The first-order valence-corrected chi connectivity index (χ1v) is 3.25. The van der Waals surface area contributed by atoms with Crippen molar-refractivity contribution in [1.82, 2.24) is 0 Å². The molecule has 0 saturated carbocycles. The lowest BCUT2D eigenvalue weighted by Crippen LogP contribution is -1.98. The Morgan fingerprint density at radius 3 is 2.75 bits per heavy atom. The number of hydrogen-bond acceptors (Lipinski definition) is 2. The Morgan fingerprint density at radius 2 is 2.25 bits per heavy atom. The second kappa shape index (κ2) is 3.05. The molecule has 0 aromatic heterocycles. The summed E-state index contributed by atoms with van der Waals surface area (Å²) in [6.45, 7) is 1.82. The van der Waals surface area contributed by atoms with Gasteiger partial charge in [-0.15, -0.1) is 0 Å². The third-order valence-electron chi connectivity index (χ3n) is 1.38. The summed E-state index contributed by atoms with van der Waals surface area (Å²) in [6, 6.07) is 0. The van der Waals surface area contributed by atoms with Crippen LogP contribution in [0.3, 0.4) is 0 Å². The first kappa shape index (κ1) is 6.05. The van der Waals surface area contributed by atoms with Gasteiger partial charge in [-0.25, -0.2) is 0 Å². The van der Waals surface area contributed by atoms with Gasteiger partial charge in [-0.1, -0.05) is 0 Å². The number of ether oxygens (including phenoxy) is 1. The van der Waals surface area contributed by atoms with Crippen molar-refractivity contribution in [3.05, 3.63) is 0 Å². The molecular formula is C6H13NO. The number of epoxide rings is 1. The molecule has 0 bridgehead atoms. The van der Waals surface area contributed by atoms with Crippen LogP contribution >= 0.6 is 0 Å². The van der Waals surface area contributed by atoms with Crippen LogP contribution in [-0.4, -0.2) is 19.3 Å². The van der Waals surface area contributed by atoms with Crippen molar-refractivity contribution in [3.8, 4) is 0 Å². The van der Waals surface area contributed by atoms with E-state index in [9.17, 15) is 0 Å². The largest absolute Gasteiger partial charge is 0.373 e. The summed E-state index contributed by atoms with van der Waals surface area (Å²) in [5.74, 6) is 0. The lowest BCUT2D eigenvalue weighted by molar-refractivity contribution is 0.390. The molecule has 1 aliphatic rings. The number of rotatable bonds is 4. The summed E-state index contributed by atoms with van der Waals surface area (Å²) in [6.07, 6.45) is 4.21. The molecule has 1 rings (SSSR count). The van der Waals surface area contributed by atoms with E-state index >= 15 is 0 Å². The van der Waals surface area contributed by atoms with Crippen LogP contribution in [0.25, 0.3) is 0 Å². The van der Waals surface area contributed by atoms with Gasteiger partial charge in [0.25, 0.3) is 0 Å². The van der Waals surface area contributed by atoms with Crippen molar-refractivity contribution < 1.29 is 4.74 Å². The van der Waals surface area contributed by atoms with Crippen LogP contribution in [0.1, 0.15) is 19.3 Å². The van der Waals surface area contributed by atoms with Crippen molar-refractivity contribution in [2.24, 2.45) is 5.73 Å². The maximum atomic E-state index is 5.29. The second-order valence-electron chi connectivity index (χ2n) is 2.24. The monoisotopic (exact) mass is 115 g/mol. The number of hydrogen-bond donors (Lipinski definition) is 1. The SMILES string of the molecule is NCCCCC1CO1. The molecule has 0 aromatic carbocycles. The standard InChI is InChI=1S/C6H13NO/c7-4-2-1-3-6-5-8-6/h6H,1-5,7H2. The van der Waals surface area contributed by atoms with Gasteiger partial charge in [0.05, 0.1) is 12.7 Å². The quantitative estimate of drug-likeness (QED) is 0.428. The molecule has 48 valence electrons. The highest BCUT2D eigenvalue weighted by atomic mass is 16.6. The van der Waals surface area contributed by atoms with E-state index in [0.29, 0.717) is 6.10 Å². The molecule has 1 fully saturated rings. The molecule has 8 heavy (non-hydrogen) atoms. The summed E-state index contributed by atoms with van der Waals surface area (Å²) in [4.78, 5) is 0. The first-order chi connectivity index (χ1) is 3.93. The smallest absolute Gasteiger partial charge is 0.0810 e. The van der Waals surface area contributed by atoms with Crippen LogP contribution in [-0.2, 0) is 4.74 Å². The predicted molar refractivity (Wildman–Crippen MR) is 32.6 cm³/mol. The topological polar surface area (TPSA) is 38.5 Å². The van der Waals surface area contributed by atoms with Gasteiger partial charge >= 0.3 is 0 Å². The van der Waals surface area contributed by atoms with Gasteiger partial charge in [0.1, 0.15) is 0 Å². The fourth-order valence-corrected chi connectivity index (χ4v) is 0.751. The van der Waals surface area contributed by atoms with E-state index in [1.807, 2.05) is 0 Å². The Hall–Kier alpha value is -0.0800. The Labute approximate surface area is 50.0 Å². The summed E-state index contributed by atoms with van der Waals surface area (Å²) >= 11 is 0. The molecule has 0 radical (unpaired) electrons. The molecule has 0 spiro atoms. The number of unbranched alkanes of at least 4 members (excludes halogenated alkanes) is 1. The summed E-state index contributed by atoms with van der Waals surface area (Å²) < 4.78 is 5.01. The zero-order valence-electron chi connectivity index (χ0n) is 5.10. The van der Waals surface area contributed by atoms with Crippen LogP contribution in [0.4, 0.5) is 0 Å². The second-order valence-corrected chi connectivity index (χ2v) is 2.24. The summed E-state index contributed by atoms with van der Waals surface area (Å²) in [7, 11) is 0. The molecule has 0 aromatic rings. The maximum Gasteiger partial charge on any atom is 0.0810 e. The van der Waals surface area contributed by atoms with Crippen molar-refractivity contribution in [2.45, 2.75) is 25.4 Å². The van der Waals surface area contributed by atoms with E-state index in [4.69, 9.17) is 10.5 Å². The minimum atomic E-state index is 0.599. The molecule has 2 nitrogen and oxygen atoms in total. The van der Waals surface area contributed by atoms with Gasteiger partial charge in [-0.3, -0.25) is 0 Å². The van der Waals surface area contributed by atoms with Crippen LogP contribution in [0.5, 0.6) is 0 Å². The van der Waals surface area contributed by atoms with Gasteiger partial charge in [-0.05, 0) is 25.8 Å². The van der Waals surface area contributed by atoms with E-state index in [-0.39, 0.29) is 0 Å². The van der Waals surface area contributed by atoms with Crippen LogP contribution in [0, 0.1) is 0 Å². The van der Waals surface area contributed by atoms with E-state index in [0.717, 1.165) is 19.6 Å². The van der Waals surface area contributed by atoms with Crippen LogP contribution in [0.2, 0.25) is 0 Å². The molecule has 1 saturated heterocycles. The molecule has 2 N–H and O–H groups in total. The third kappa shape index (κ3) is 2.28. The molecule has 0 aliphatic carbocycles. The van der Waals surface area contributed by atoms with Crippen LogP contribution in [0.15, 0.2) is 0 Å². The van der Waals surface area contributed by atoms with Gasteiger partial charge < -0.3 is 10.5 Å². The fraction of sp³-hybridized carbons (Fsp3) is 1.00. The highest BCUT2D eigenvalue weighted by molar-refractivity contribution is 4.67. The van der Waals surface area contributed by atoms with Gasteiger partial charge in [0.2, 0.25) is 0 Å². The average Bonchev–Trinajstić information content (AvgIpc) is 2.51. The van der Waals surface area contributed by atoms with Gasteiger partial charge in [0, 0.05) is 0 Å². The third-order valence-corrected chi connectivity index (χ3v) is 1.38. The van der Waals surface area contributed by atoms with Crippen LogP contribution < -0.4 is 5.73 Å². The Balaban J connectivity index is 1.74. The lowest BCUT2D eigenvalue weighted by atomic mass is 10.2. The van der Waals surface area contributed by atoms with Gasteiger partial charge in [-0.2, -0.15) is 0 Å².